The van der Waals surface area contributed by atoms with Crippen LogP contribution in [-0.2, 0) is 4.74 Å². The van der Waals surface area contributed by atoms with Crippen LogP contribution < -0.4 is 10.2 Å². The molecule has 4 nitrogen and oxygen atoms in total. The summed E-state index contributed by atoms with van der Waals surface area (Å²) < 4.78 is 5.41. The highest BCUT2D eigenvalue weighted by atomic mass is 16.5. The Labute approximate surface area is 143 Å². The number of aryl methyl sites for hydroxylation is 1. The molecule has 2 aromatic rings. The molecule has 0 atom stereocenters. The molecule has 3 rings (SSSR count). The van der Waals surface area contributed by atoms with E-state index >= 15 is 0 Å². The van der Waals surface area contributed by atoms with Crippen LogP contribution in [0.5, 0.6) is 0 Å². The second-order valence-corrected chi connectivity index (χ2v) is 6.29. The summed E-state index contributed by atoms with van der Waals surface area (Å²) in [6.45, 7) is 4.02. The van der Waals surface area contributed by atoms with Crippen molar-refractivity contribution in [1.29, 1.82) is 0 Å². The molecule has 0 spiro atoms. The molecule has 0 saturated carbocycles. The van der Waals surface area contributed by atoms with E-state index in [9.17, 15) is 4.79 Å². The molecule has 0 aliphatic carbocycles. The summed E-state index contributed by atoms with van der Waals surface area (Å²) in [7, 11) is 1.78. The summed E-state index contributed by atoms with van der Waals surface area (Å²) in [4.78, 5) is 14.6. The molecule has 1 N–H and O–H groups in total. The third-order valence-electron chi connectivity index (χ3n) is 4.58. The molecule has 24 heavy (non-hydrogen) atoms. The number of anilines is 2. The molecule has 1 fully saturated rings. The molecule has 4 heteroatoms. The second-order valence-electron chi connectivity index (χ2n) is 6.29. The number of rotatable bonds is 4. The van der Waals surface area contributed by atoms with E-state index in [-0.39, 0.29) is 5.91 Å². The fraction of sp³-hybridized carbons (Fsp3) is 0.350. The zero-order chi connectivity index (χ0) is 16.9. The van der Waals surface area contributed by atoms with Crippen molar-refractivity contribution in [1.82, 2.24) is 0 Å². The van der Waals surface area contributed by atoms with Gasteiger partial charge in [-0.2, -0.15) is 0 Å². The Kier molecular flexibility index (Phi) is 5.16. The van der Waals surface area contributed by atoms with Gasteiger partial charge in [0.1, 0.15) is 0 Å². The average Bonchev–Trinajstić information content (AvgIpc) is 2.63. The van der Waals surface area contributed by atoms with Crippen LogP contribution >= 0.6 is 0 Å². The quantitative estimate of drug-likeness (QED) is 0.928. The maximum atomic E-state index is 12.2. The van der Waals surface area contributed by atoms with Crippen molar-refractivity contribution >= 4 is 17.3 Å². The maximum Gasteiger partial charge on any atom is 0.255 e. The van der Waals surface area contributed by atoms with Crippen molar-refractivity contribution in [2.24, 2.45) is 0 Å². The third-order valence-corrected chi connectivity index (χ3v) is 4.58. The van der Waals surface area contributed by atoms with Gasteiger partial charge in [0.15, 0.2) is 0 Å². The Bertz CT molecular complexity index is 672. The van der Waals surface area contributed by atoms with E-state index < -0.39 is 0 Å². The van der Waals surface area contributed by atoms with Crippen molar-refractivity contribution in [2.75, 3.05) is 30.4 Å². The van der Waals surface area contributed by atoms with Gasteiger partial charge in [-0.25, -0.2) is 0 Å². The van der Waals surface area contributed by atoms with Gasteiger partial charge in [-0.1, -0.05) is 17.7 Å². The molecular weight excluding hydrogens is 300 g/mol. The molecule has 0 radical (unpaired) electrons. The highest BCUT2D eigenvalue weighted by molar-refractivity contribution is 6.04. The summed E-state index contributed by atoms with van der Waals surface area (Å²) in [5.41, 5.74) is 3.83. The van der Waals surface area contributed by atoms with Gasteiger partial charge in [0.2, 0.25) is 0 Å². The predicted molar refractivity (Wildman–Crippen MR) is 97.8 cm³/mol. The van der Waals surface area contributed by atoms with Crippen LogP contribution in [0.1, 0.15) is 28.8 Å². The van der Waals surface area contributed by atoms with Crippen molar-refractivity contribution in [3.05, 3.63) is 59.7 Å². The van der Waals surface area contributed by atoms with Gasteiger partial charge in [0.05, 0.1) is 6.10 Å². The van der Waals surface area contributed by atoms with Crippen LogP contribution in [0.15, 0.2) is 48.5 Å². The number of hydrogen-bond donors (Lipinski definition) is 1. The predicted octanol–water partition coefficient (Wildman–Crippen LogP) is 3.86. The maximum absolute atomic E-state index is 12.2. The summed E-state index contributed by atoms with van der Waals surface area (Å²) in [6, 6.07) is 15.6. The zero-order valence-electron chi connectivity index (χ0n) is 14.3. The first-order chi connectivity index (χ1) is 11.7. The average molecular weight is 324 g/mol. The topological polar surface area (TPSA) is 41.6 Å². The van der Waals surface area contributed by atoms with E-state index in [0.29, 0.717) is 11.7 Å². The minimum absolute atomic E-state index is 0.0799. The summed E-state index contributed by atoms with van der Waals surface area (Å²) in [5, 5.41) is 2.95. The van der Waals surface area contributed by atoms with E-state index in [1.165, 1.54) is 5.69 Å². The lowest BCUT2D eigenvalue weighted by molar-refractivity contribution is 0.0819. The molecule has 1 aliphatic rings. The smallest absolute Gasteiger partial charge is 0.255 e. The largest absolute Gasteiger partial charge is 0.381 e. The molecule has 126 valence electrons. The van der Waals surface area contributed by atoms with E-state index in [1.807, 2.05) is 43.3 Å². The lowest BCUT2D eigenvalue weighted by Gasteiger charge is -2.33. The van der Waals surface area contributed by atoms with Crippen molar-refractivity contribution in [2.45, 2.75) is 25.9 Å². The Morgan fingerprint density at radius 1 is 1.04 bits per heavy atom. The highest BCUT2D eigenvalue weighted by Crippen LogP contribution is 2.23. The van der Waals surface area contributed by atoms with Crippen molar-refractivity contribution in [3.8, 4) is 0 Å². The van der Waals surface area contributed by atoms with E-state index in [1.54, 1.807) is 7.11 Å². The minimum atomic E-state index is -0.0799. The highest BCUT2D eigenvalue weighted by Gasteiger charge is 2.18. The van der Waals surface area contributed by atoms with Gasteiger partial charge in [-0.3, -0.25) is 4.79 Å². The molecular formula is C20H24N2O2. The van der Waals surface area contributed by atoms with Gasteiger partial charge >= 0.3 is 0 Å². The first-order valence-electron chi connectivity index (χ1n) is 8.41. The summed E-state index contributed by atoms with van der Waals surface area (Å²) >= 11 is 0. The fourth-order valence-corrected chi connectivity index (χ4v) is 3.01. The van der Waals surface area contributed by atoms with Gasteiger partial charge < -0.3 is 15.0 Å². The Balaban J connectivity index is 1.60. The molecule has 1 saturated heterocycles. The first kappa shape index (κ1) is 16.5. The summed E-state index contributed by atoms with van der Waals surface area (Å²) in [5.74, 6) is -0.0799. The van der Waals surface area contributed by atoms with Crippen LogP contribution in [0.3, 0.4) is 0 Å². The molecule has 1 heterocycles. The Hall–Kier alpha value is -2.33. The number of carbonyl (C=O) groups is 1. The number of carbonyl (C=O) groups excluding carboxylic acids is 1. The zero-order valence-corrected chi connectivity index (χ0v) is 14.3. The van der Waals surface area contributed by atoms with Crippen LogP contribution in [0.4, 0.5) is 11.4 Å². The molecule has 1 amide bonds. The van der Waals surface area contributed by atoms with Gasteiger partial charge in [0, 0.05) is 37.1 Å². The Morgan fingerprint density at radius 3 is 2.25 bits per heavy atom. The molecule has 2 aromatic carbocycles. The van der Waals surface area contributed by atoms with Gasteiger partial charge in [-0.05, 0) is 56.2 Å². The number of methoxy groups -OCH3 is 1. The minimum Gasteiger partial charge on any atom is -0.381 e. The lowest BCUT2D eigenvalue weighted by atomic mass is 10.1. The van der Waals surface area contributed by atoms with E-state index in [2.05, 4.69) is 22.3 Å². The monoisotopic (exact) mass is 324 g/mol. The second kappa shape index (κ2) is 7.49. The Morgan fingerprint density at radius 2 is 1.67 bits per heavy atom. The summed E-state index contributed by atoms with van der Waals surface area (Å²) in [6.07, 6.45) is 2.50. The molecule has 0 bridgehead atoms. The van der Waals surface area contributed by atoms with Crippen LogP contribution in [0.2, 0.25) is 0 Å². The van der Waals surface area contributed by atoms with Crippen LogP contribution in [0.25, 0.3) is 0 Å². The fourth-order valence-electron chi connectivity index (χ4n) is 3.01. The lowest BCUT2D eigenvalue weighted by Crippen LogP contribution is -2.36. The number of amides is 1. The number of piperidine rings is 1. The SMILES string of the molecule is COC1CCN(c2ccc(NC(=O)c3ccc(C)cc3)cc2)CC1. The first-order valence-corrected chi connectivity index (χ1v) is 8.41. The third kappa shape index (κ3) is 3.95. The van der Waals surface area contributed by atoms with Gasteiger partial charge in [0.25, 0.3) is 5.91 Å². The number of hydrogen-bond acceptors (Lipinski definition) is 3. The van der Waals surface area contributed by atoms with E-state index in [0.717, 1.165) is 37.2 Å². The van der Waals surface area contributed by atoms with Crippen LogP contribution in [-0.4, -0.2) is 32.2 Å². The molecule has 0 aromatic heterocycles. The van der Waals surface area contributed by atoms with Crippen molar-refractivity contribution in [3.63, 3.8) is 0 Å². The van der Waals surface area contributed by atoms with Crippen LogP contribution in [0, 0.1) is 6.92 Å². The standard InChI is InChI=1S/C20H24N2O2/c1-15-3-5-16(6-4-15)20(23)21-17-7-9-18(10-8-17)22-13-11-19(24-2)12-14-22/h3-10,19H,11-14H2,1-2H3,(H,21,23). The molecule has 0 unspecified atom stereocenters. The molecule has 1 aliphatic heterocycles. The number of nitrogens with one attached hydrogen (secondary N) is 1. The van der Waals surface area contributed by atoms with Gasteiger partial charge in [-0.15, -0.1) is 0 Å². The van der Waals surface area contributed by atoms with E-state index in [4.69, 9.17) is 4.74 Å². The normalized spacial score (nSPS) is 15.3. The number of ether oxygens (including phenoxy) is 1. The van der Waals surface area contributed by atoms with Crippen molar-refractivity contribution < 1.29 is 9.53 Å². The number of nitrogens with zero attached hydrogens (tertiary/aromatic N) is 1. The number of benzene rings is 2.